The number of nitrogens with one attached hydrogen (secondary N) is 1. The Kier molecular flexibility index (Phi) is 4.21. The van der Waals surface area contributed by atoms with Crippen LogP contribution in [-0.4, -0.2) is 22.9 Å². The lowest BCUT2D eigenvalue weighted by Gasteiger charge is -2.19. The predicted octanol–water partition coefficient (Wildman–Crippen LogP) is 2.55. The summed E-state index contributed by atoms with van der Waals surface area (Å²) in [7, 11) is 2.00. The van der Waals surface area contributed by atoms with Crippen molar-refractivity contribution in [2.45, 2.75) is 39.0 Å². The molecule has 2 unspecified atom stereocenters. The molecule has 2 atom stereocenters. The van der Waals surface area contributed by atoms with Crippen LogP contribution < -0.4 is 5.32 Å². The van der Waals surface area contributed by atoms with Crippen LogP contribution in [0.4, 0.5) is 0 Å². The van der Waals surface area contributed by atoms with E-state index in [1.54, 1.807) is 0 Å². The molecule has 0 saturated heterocycles. The largest absolute Gasteiger partial charge is 0.316 e. The van der Waals surface area contributed by atoms with Crippen LogP contribution in [0.1, 0.15) is 44.6 Å². The van der Waals surface area contributed by atoms with Crippen LogP contribution in [0.2, 0.25) is 0 Å². The van der Waals surface area contributed by atoms with Crippen LogP contribution in [0.15, 0.2) is 12.4 Å². The van der Waals surface area contributed by atoms with Crippen LogP contribution in [0.3, 0.4) is 0 Å². The summed E-state index contributed by atoms with van der Waals surface area (Å²) in [6, 6.07) is 0. The van der Waals surface area contributed by atoms with Crippen LogP contribution in [0, 0.1) is 11.8 Å². The zero-order valence-electron chi connectivity index (χ0n) is 11.3. The summed E-state index contributed by atoms with van der Waals surface area (Å²) in [6.45, 7) is 6.83. The molecule has 3 heteroatoms. The fourth-order valence-electron chi connectivity index (χ4n) is 2.91. The molecule has 0 bridgehead atoms. The van der Waals surface area contributed by atoms with E-state index < -0.39 is 0 Å². The van der Waals surface area contributed by atoms with Gasteiger partial charge in [0.25, 0.3) is 0 Å². The maximum absolute atomic E-state index is 4.30. The summed E-state index contributed by atoms with van der Waals surface area (Å²) in [4.78, 5) is 0. The fourth-order valence-corrected chi connectivity index (χ4v) is 2.91. The summed E-state index contributed by atoms with van der Waals surface area (Å²) < 4.78 is 1.92. The molecule has 0 spiro atoms. The summed E-state index contributed by atoms with van der Waals surface area (Å²) in [5, 5.41) is 7.91. The number of nitrogens with zero attached hydrogens (tertiary/aromatic N) is 2. The van der Waals surface area contributed by atoms with E-state index in [0.717, 1.165) is 30.8 Å². The lowest BCUT2D eigenvalue weighted by Crippen LogP contribution is -2.27. The molecule has 0 aliphatic heterocycles. The van der Waals surface area contributed by atoms with Gasteiger partial charge in [-0.05, 0) is 49.2 Å². The minimum absolute atomic E-state index is 0.725. The molecule has 1 heterocycles. The van der Waals surface area contributed by atoms with E-state index in [0.29, 0.717) is 0 Å². The number of hydrogen-bond acceptors (Lipinski definition) is 2. The number of aryl methyl sites for hydroxylation is 1. The molecule has 1 aliphatic carbocycles. The molecule has 0 radical (unpaired) electrons. The Balaban J connectivity index is 1.89. The average Bonchev–Trinajstić information content (AvgIpc) is 2.86. The predicted molar refractivity (Wildman–Crippen MR) is 71.0 cm³/mol. The molecule has 2 rings (SSSR count). The molecule has 0 amide bonds. The molecule has 1 aliphatic rings. The molecule has 1 N–H and O–H groups in total. The van der Waals surface area contributed by atoms with Gasteiger partial charge in [0.1, 0.15) is 0 Å². The van der Waals surface area contributed by atoms with Gasteiger partial charge in [-0.1, -0.05) is 20.3 Å². The van der Waals surface area contributed by atoms with Crippen molar-refractivity contribution in [3.8, 4) is 0 Å². The van der Waals surface area contributed by atoms with E-state index in [1.165, 1.54) is 24.8 Å². The highest BCUT2D eigenvalue weighted by atomic mass is 15.2. The Morgan fingerprint density at radius 2 is 2.29 bits per heavy atom. The highest BCUT2D eigenvalue weighted by Gasteiger charge is 2.28. The first-order valence-electron chi connectivity index (χ1n) is 6.86. The van der Waals surface area contributed by atoms with Gasteiger partial charge >= 0.3 is 0 Å². The maximum Gasteiger partial charge on any atom is 0.0524 e. The molecule has 1 saturated carbocycles. The van der Waals surface area contributed by atoms with Gasteiger partial charge in [0.15, 0.2) is 0 Å². The van der Waals surface area contributed by atoms with Gasteiger partial charge in [-0.2, -0.15) is 5.10 Å². The van der Waals surface area contributed by atoms with Crippen molar-refractivity contribution in [3.05, 3.63) is 18.0 Å². The minimum Gasteiger partial charge on any atom is -0.316 e. The van der Waals surface area contributed by atoms with Gasteiger partial charge in [-0.3, -0.25) is 4.68 Å². The van der Waals surface area contributed by atoms with Crippen molar-refractivity contribution in [3.63, 3.8) is 0 Å². The third kappa shape index (κ3) is 3.32. The van der Waals surface area contributed by atoms with Gasteiger partial charge in [-0.15, -0.1) is 0 Å². The third-order valence-electron chi connectivity index (χ3n) is 3.77. The van der Waals surface area contributed by atoms with E-state index in [2.05, 4.69) is 30.5 Å². The van der Waals surface area contributed by atoms with Crippen molar-refractivity contribution in [2.75, 3.05) is 13.1 Å². The molecule has 96 valence electrons. The molecule has 1 aromatic rings. The standard InChI is InChI=1S/C14H25N3/c1-11(2)7-15-8-12-5-4-6-14(12)13-9-16-17(3)10-13/h9-12,14-15H,4-8H2,1-3H3. The van der Waals surface area contributed by atoms with Gasteiger partial charge < -0.3 is 5.32 Å². The third-order valence-corrected chi connectivity index (χ3v) is 3.77. The van der Waals surface area contributed by atoms with E-state index in [-0.39, 0.29) is 0 Å². The van der Waals surface area contributed by atoms with Crippen molar-refractivity contribution < 1.29 is 0 Å². The molecule has 1 aromatic heterocycles. The van der Waals surface area contributed by atoms with Crippen LogP contribution in [-0.2, 0) is 7.05 Å². The molecule has 0 aromatic carbocycles. The quantitative estimate of drug-likeness (QED) is 0.850. The van der Waals surface area contributed by atoms with Gasteiger partial charge in [-0.25, -0.2) is 0 Å². The Labute approximate surface area is 105 Å². The summed E-state index contributed by atoms with van der Waals surface area (Å²) in [6.07, 6.45) is 8.30. The van der Waals surface area contributed by atoms with Crippen LogP contribution >= 0.6 is 0 Å². The number of hydrogen-bond donors (Lipinski definition) is 1. The SMILES string of the molecule is CC(C)CNCC1CCCC1c1cnn(C)c1. The highest BCUT2D eigenvalue weighted by Crippen LogP contribution is 2.38. The van der Waals surface area contributed by atoms with E-state index in [4.69, 9.17) is 0 Å². The Morgan fingerprint density at radius 1 is 1.47 bits per heavy atom. The van der Waals surface area contributed by atoms with Crippen molar-refractivity contribution in [1.82, 2.24) is 15.1 Å². The fraction of sp³-hybridized carbons (Fsp3) is 0.786. The Hall–Kier alpha value is -0.830. The van der Waals surface area contributed by atoms with Crippen molar-refractivity contribution in [1.29, 1.82) is 0 Å². The second-order valence-electron chi connectivity index (χ2n) is 5.80. The first-order chi connectivity index (χ1) is 8.16. The van der Waals surface area contributed by atoms with E-state index >= 15 is 0 Å². The van der Waals surface area contributed by atoms with Crippen LogP contribution in [0.25, 0.3) is 0 Å². The normalized spacial score (nSPS) is 24.7. The van der Waals surface area contributed by atoms with Crippen molar-refractivity contribution >= 4 is 0 Å². The molecule has 17 heavy (non-hydrogen) atoms. The summed E-state index contributed by atoms with van der Waals surface area (Å²) in [5.41, 5.74) is 1.43. The average molecular weight is 235 g/mol. The van der Waals surface area contributed by atoms with Crippen molar-refractivity contribution in [2.24, 2.45) is 18.9 Å². The number of aromatic nitrogens is 2. The summed E-state index contributed by atoms with van der Waals surface area (Å²) in [5.74, 6) is 2.27. The monoisotopic (exact) mass is 235 g/mol. The Morgan fingerprint density at radius 3 is 2.94 bits per heavy atom. The molecular weight excluding hydrogens is 210 g/mol. The highest BCUT2D eigenvalue weighted by molar-refractivity contribution is 5.14. The summed E-state index contributed by atoms with van der Waals surface area (Å²) >= 11 is 0. The Bertz CT molecular complexity index is 343. The van der Waals surface area contributed by atoms with Gasteiger partial charge in [0, 0.05) is 13.2 Å². The van der Waals surface area contributed by atoms with Crippen LogP contribution in [0.5, 0.6) is 0 Å². The zero-order chi connectivity index (χ0) is 12.3. The lowest BCUT2D eigenvalue weighted by atomic mass is 9.91. The topological polar surface area (TPSA) is 29.9 Å². The zero-order valence-corrected chi connectivity index (χ0v) is 11.3. The maximum atomic E-state index is 4.30. The molecule has 1 fully saturated rings. The van der Waals surface area contributed by atoms with E-state index in [9.17, 15) is 0 Å². The smallest absolute Gasteiger partial charge is 0.0524 e. The van der Waals surface area contributed by atoms with Gasteiger partial charge in [0.2, 0.25) is 0 Å². The minimum atomic E-state index is 0.725. The first kappa shape index (κ1) is 12.6. The number of rotatable bonds is 5. The molecular formula is C14H25N3. The first-order valence-corrected chi connectivity index (χ1v) is 6.86. The van der Waals surface area contributed by atoms with Gasteiger partial charge in [0.05, 0.1) is 6.20 Å². The second-order valence-corrected chi connectivity index (χ2v) is 5.80. The van der Waals surface area contributed by atoms with E-state index in [1.807, 2.05) is 17.9 Å². The molecule has 3 nitrogen and oxygen atoms in total. The second kappa shape index (κ2) is 5.67. The lowest BCUT2D eigenvalue weighted by molar-refractivity contribution is 0.425.